The van der Waals surface area contributed by atoms with Gasteiger partial charge in [0.2, 0.25) is 5.88 Å². The van der Waals surface area contributed by atoms with Gasteiger partial charge in [0.25, 0.3) is 5.89 Å². The van der Waals surface area contributed by atoms with Crippen LogP contribution in [0.1, 0.15) is 18.4 Å². The van der Waals surface area contributed by atoms with E-state index < -0.39 is 11.6 Å². The van der Waals surface area contributed by atoms with Crippen LogP contribution in [0.3, 0.4) is 0 Å². The summed E-state index contributed by atoms with van der Waals surface area (Å²) in [6, 6.07) is 7.41. The number of ether oxygens (including phenoxy) is 2. The van der Waals surface area contributed by atoms with Crippen molar-refractivity contribution in [3.05, 3.63) is 102 Å². The molecule has 0 fully saturated rings. The predicted octanol–water partition coefficient (Wildman–Crippen LogP) is 5.38. The molecule has 1 aromatic carbocycles. The van der Waals surface area contributed by atoms with E-state index in [2.05, 4.69) is 26.6 Å². The Labute approximate surface area is 193 Å². The second-order valence-corrected chi connectivity index (χ2v) is 7.33. The van der Waals surface area contributed by atoms with E-state index in [1.807, 2.05) is 12.2 Å². The average molecular weight is 463 g/mol. The van der Waals surface area contributed by atoms with E-state index in [1.165, 1.54) is 24.9 Å². The Hall–Kier alpha value is -4.47. The molecule has 10 heteroatoms. The van der Waals surface area contributed by atoms with Gasteiger partial charge >= 0.3 is 6.01 Å². The first-order valence-electron chi connectivity index (χ1n) is 10.5. The van der Waals surface area contributed by atoms with Gasteiger partial charge in [0.1, 0.15) is 18.3 Å². The third-order valence-corrected chi connectivity index (χ3v) is 5.08. The molecule has 0 bridgehead atoms. The average Bonchev–Trinajstić information content (AvgIpc) is 3.36. The first kappa shape index (κ1) is 21.4. The lowest BCUT2D eigenvalue weighted by atomic mass is 10.1. The lowest BCUT2D eigenvalue weighted by Crippen LogP contribution is -2.24. The molecule has 1 aliphatic heterocycles. The molecule has 0 amide bonds. The first-order chi connectivity index (χ1) is 16.7. The molecule has 3 heterocycles. The van der Waals surface area contributed by atoms with Gasteiger partial charge in [0, 0.05) is 18.4 Å². The van der Waals surface area contributed by atoms with Crippen molar-refractivity contribution in [2.24, 2.45) is 0 Å². The third kappa shape index (κ3) is 4.51. The van der Waals surface area contributed by atoms with Gasteiger partial charge < -0.3 is 19.2 Å². The van der Waals surface area contributed by atoms with E-state index in [1.54, 1.807) is 23.2 Å². The summed E-state index contributed by atoms with van der Waals surface area (Å²) in [4.78, 5) is 6.03. The summed E-state index contributed by atoms with van der Waals surface area (Å²) < 4.78 is 43.6. The van der Waals surface area contributed by atoms with E-state index in [-0.39, 0.29) is 18.5 Å². The minimum Gasteiger partial charge on any atom is -0.464 e. The Bertz CT molecular complexity index is 1320. The van der Waals surface area contributed by atoms with Crippen molar-refractivity contribution in [1.29, 1.82) is 0 Å². The van der Waals surface area contributed by atoms with Crippen LogP contribution in [0.25, 0.3) is 11.5 Å². The van der Waals surface area contributed by atoms with Crippen molar-refractivity contribution in [3.8, 4) is 11.5 Å². The number of pyridine rings is 1. The van der Waals surface area contributed by atoms with E-state index in [0.717, 1.165) is 30.7 Å². The minimum atomic E-state index is -0.910. The largest absolute Gasteiger partial charge is 0.464 e. The van der Waals surface area contributed by atoms with Crippen molar-refractivity contribution in [1.82, 2.24) is 15.2 Å². The molecule has 3 aromatic rings. The van der Waals surface area contributed by atoms with Crippen molar-refractivity contribution >= 4 is 11.8 Å². The fraction of sp³-hybridized carbons (Fsp3) is 0.125. The van der Waals surface area contributed by atoms with Gasteiger partial charge in [-0.05, 0) is 48.7 Å². The summed E-state index contributed by atoms with van der Waals surface area (Å²) in [5, 5.41) is 11.5. The highest BCUT2D eigenvalue weighted by Gasteiger charge is 2.26. The molecule has 2 aromatic heterocycles. The van der Waals surface area contributed by atoms with Gasteiger partial charge in [-0.25, -0.2) is 18.7 Å². The lowest BCUT2D eigenvalue weighted by Gasteiger charge is -2.25. The minimum absolute atomic E-state index is 0.192. The summed E-state index contributed by atoms with van der Waals surface area (Å²) in [7, 11) is 0. The number of aromatic nitrogens is 3. The standard InChI is InChI=1S/C24H19F2N5O3/c25-19-9-8-16(13-20(19)26)14-28-22-18(7-4-10-27-22)23-29-30-24(34-23)31(17-5-2-1-3-6-17)21-15-32-11-12-33-21/h1-2,4-5,7-13,15H,3,6,14H2,(H,27,28). The van der Waals surface area contributed by atoms with Crippen LogP contribution in [-0.2, 0) is 16.0 Å². The number of rotatable bonds is 7. The molecule has 172 valence electrons. The maximum Gasteiger partial charge on any atom is 0.330 e. The Morgan fingerprint density at radius 3 is 2.82 bits per heavy atom. The summed E-state index contributed by atoms with van der Waals surface area (Å²) in [5.41, 5.74) is 2.00. The fourth-order valence-electron chi connectivity index (χ4n) is 3.46. The molecule has 1 N–H and O–H groups in total. The van der Waals surface area contributed by atoms with Crippen molar-refractivity contribution in [3.63, 3.8) is 0 Å². The monoisotopic (exact) mass is 463 g/mol. The van der Waals surface area contributed by atoms with Crippen LogP contribution in [0.4, 0.5) is 20.6 Å². The van der Waals surface area contributed by atoms with Crippen LogP contribution in [0.2, 0.25) is 0 Å². The molecule has 34 heavy (non-hydrogen) atoms. The molecular weight excluding hydrogens is 444 g/mol. The van der Waals surface area contributed by atoms with Gasteiger partial charge in [-0.1, -0.05) is 23.3 Å². The normalized spacial score (nSPS) is 14.6. The van der Waals surface area contributed by atoms with Gasteiger partial charge in [0.05, 0.1) is 5.56 Å². The van der Waals surface area contributed by atoms with Crippen LogP contribution in [0.5, 0.6) is 0 Å². The van der Waals surface area contributed by atoms with Crippen LogP contribution in [0.15, 0.2) is 89.5 Å². The maximum absolute atomic E-state index is 13.5. The van der Waals surface area contributed by atoms with Crippen molar-refractivity contribution in [2.75, 3.05) is 10.2 Å². The molecular formula is C24H19F2N5O3. The maximum atomic E-state index is 13.5. The third-order valence-electron chi connectivity index (χ3n) is 5.08. The number of halogens is 2. The number of anilines is 2. The second-order valence-electron chi connectivity index (χ2n) is 7.33. The zero-order chi connectivity index (χ0) is 23.3. The topological polar surface area (TPSA) is 85.5 Å². The Morgan fingerprint density at radius 1 is 1.09 bits per heavy atom. The summed E-state index contributed by atoms with van der Waals surface area (Å²) in [6.45, 7) is 0.220. The van der Waals surface area contributed by atoms with Crippen LogP contribution in [-0.4, -0.2) is 15.2 Å². The number of nitrogens with zero attached hydrogens (tertiary/aromatic N) is 4. The fourth-order valence-corrected chi connectivity index (χ4v) is 3.46. The zero-order valence-corrected chi connectivity index (χ0v) is 17.8. The number of benzene rings is 1. The van der Waals surface area contributed by atoms with Gasteiger partial charge in [-0.2, -0.15) is 0 Å². The first-order valence-corrected chi connectivity index (χ1v) is 10.5. The second kappa shape index (κ2) is 9.57. The molecule has 0 radical (unpaired) electrons. The Morgan fingerprint density at radius 2 is 2.03 bits per heavy atom. The molecule has 0 saturated heterocycles. The highest BCUT2D eigenvalue weighted by atomic mass is 19.2. The molecule has 0 unspecified atom stereocenters. The quantitative estimate of drug-likeness (QED) is 0.500. The molecule has 0 atom stereocenters. The highest BCUT2D eigenvalue weighted by molar-refractivity contribution is 5.69. The summed E-state index contributed by atoms with van der Waals surface area (Å²) in [6.07, 6.45) is 13.4. The smallest absolute Gasteiger partial charge is 0.330 e. The molecule has 2 aliphatic rings. The highest BCUT2D eigenvalue weighted by Crippen LogP contribution is 2.33. The van der Waals surface area contributed by atoms with E-state index >= 15 is 0 Å². The summed E-state index contributed by atoms with van der Waals surface area (Å²) in [5.74, 6) is -0.755. The van der Waals surface area contributed by atoms with Gasteiger partial charge in [-0.3, -0.25) is 0 Å². The molecule has 0 spiro atoms. The van der Waals surface area contributed by atoms with Crippen LogP contribution in [0, 0.1) is 11.6 Å². The van der Waals surface area contributed by atoms with E-state index in [4.69, 9.17) is 13.9 Å². The van der Waals surface area contributed by atoms with Crippen molar-refractivity contribution < 1.29 is 22.7 Å². The number of allylic oxidation sites excluding steroid dienone is 4. The van der Waals surface area contributed by atoms with Crippen molar-refractivity contribution in [2.45, 2.75) is 19.4 Å². The van der Waals surface area contributed by atoms with Gasteiger partial charge in [-0.15, -0.1) is 5.10 Å². The predicted molar refractivity (Wildman–Crippen MR) is 120 cm³/mol. The molecule has 0 saturated carbocycles. The molecule has 8 nitrogen and oxygen atoms in total. The number of hydrogen-bond acceptors (Lipinski definition) is 8. The Balaban J connectivity index is 1.42. The van der Waals surface area contributed by atoms with E-state index in [9.17, 15) is 8.78 Å². The van der Waals surface area contributed by atoms with Gasteiger partial charge in [0.15, 0.2) is 17.9 Å². The SMILES string of the molecule is Fc1ccc(CNc2ncccc2-c2nnc(N(C3=CC=CCC3)C3=COC=CO3)o2)cc1F. The van der Waals surface area contributed by atoms with Crippen LogP contribution < -0.4 is 10.2 Å². The summed E-state index contributed by atoms with van der Waals surface area (Å²) >= 11 is 0. The van der Waals surface area contributed by atoms with Crippen LogP contribution >= 0.6 is 0 Å². The molecule has 1 aliphatic carbocycles. The number of hydrogen-bond donors (Lipinski definition) is 1. The molecule has 5 rings (SSSR count). The zero-order valence-electron chi connectivity index (χ0n) is 17.8. The number of nitrogens with one attached hydrogen (secondary N) is 1. The lowest BCUT2D eigenvalue weighted by molar-refractivity contribution is 0.247. The van der Waals surface area contributed by atoms with E-state index in [0.29, 0.717) is 22.8 Å². The Kier molecular flexibility index (Phi) is 6.02.